The van der Waals surface area contributed by atoms with Crippen LogP contribution in [0.4, 0.5) is 17.3 Å². The number of rotatable bonds is 4. The lowest BCUT2D eigenvalue weighted by Crippen LogP contribution is -2.20. The molecule has 2 heterocycles. The van der Waals surface area contributed by atoms with Crippen molar-refractivity contribution in [3.63, 3.8) is 0 Å². The number of pyridine rings is 1. The van der Waals surface area contributed by atoms with E-state index in [2.05, 4.69) is 9.97 Å². The highest BCUT2D eigenvalue weighted by Gasteiger charge is 2.15. The smallest absolute Gasteiger partial charge is 0.311 e. The first-order valence-electron chi connectivity index (χ1n) is 5.57. The molecule has 0 saturated heterocycles. The molecule has 0 aliphatic heterocycles. The normalized spacial score (nSPS) is 10.4. The summed E-state index contributed by atoms with van der Waals surface area (Å²) in [4.78, 5) is 20.2. The van der Waals surface area contributed by atoms with E-state index in [0.717, 1.165) is 5.82 Å². The lowest BCUT2D eigenvalue weighted by molar-refractivity contribution is -0.384. The van der Waals surface area contributed by atoms with Gasteiger partial charge in [0, 0.05) is 32.6 Å². The maximum atomic E-state index is 10.7. The van der Waals surface area contributed by atoms with Crippen molar-refractivity contribution in [3.05, 3.63) is 40.5 Å². The molecular weight excluding hydrogens is 248 g/mol. The number of imidazole rings is 1. The van der Waals surface area contributed by atoms with Gasteiger partial charge in [0.05, 0.1) is 11.5 Å². The van der Waals surface area contributed by atoms with Gasteiger partial charge in [-0.2, -0.15) is 0 Å². The Morgan fingerprint density at radius 2 is 2.26 bits per heavy atom. The number of hydrogen-bond donors (Lipinski definition) is 1. The molecule has 0 aliphatic carbocycles. The van der Waals surface area contributed by atoms with Crippen LogP contribution in [0.1, 0.15) is 5.82 Å². The Balaban J connectivity index is 2.20. The maximum absolute atomic E-state index is 10.7. The first-order valence-corrected chi connectivity index (χ1v) is 5.57. The highest BCUT2D eigenvalue weighted by molar-refractivity contribution is 5.57. The number of nitrogens with zero attached hydrogens (tertiary/aromatic N) is 5. The van der Waals surface area contributed by atoms with Crippen LogP contribution in [0.2, 0.25) is 0 Å². The minimum atomic E-state index is -0.551. The highest BCUT2D eigenvalue weighted by Crippen LogP contribution is 2.22. The maximum Gasteiger partial charge on any atom is 0.311 e. The molecule has 8 heteroatoms. The van der Waals surface area contributed by atoms with Crippen LogP contribution in [0.15, 0.2) is 24.5 Å². The lowest BCUT2D eigenvalue weighted by Gasteiger charge is -2.17. The van der Waals surface area contributed by atoms with Crippen LogP contribution in [0.25, 0.3) is 0 Å². The van der Waals surface area contributed by atoms with Gasteiger partial charge in [-0.25, -0.2) is 9.97 Å². The van der Waals surface area contributed by atoms with Crippen molar-refractivity contribution in [2.24, 2.45) is 7.05 Å². The summed E-state index contributed by atoms with van der Waals surface area (Å²) in [5.41, 5.74) is 5.38. The number of aromatic nitrogens is 3. The van der Waals surface area contributed by atoms with E-state index in [1.165, 1.54) is 6.07 Å². The SMILES string of the molecule is CN(Cc1nccn1C)c1ccc([N+](=O)[O-])c(N)n1. The van der Waals surface area contributed by atoms with Crippen LogP contribution in [-0.2, 0) is 13.6 Å². The van der Waals surface area contributed by atoms with Crippen LogP contribution in [0.3, 0.4) is 0 Å². The van der Waals surface area contributed by atoms with Gasteiger partial charge in [0.2, 0.25) is 5.82 Å². The van der Waals surface area contributed by atoms with Crippen molar-refractivity contribution >= 4 is 17.3 Å². The summed E-state index contributed by atoms with van der Waals surface area (Å²) in [5.74, 6) is 1.33. The topological polar surface area (TPSA) is 103 Å². The summed E-state index contributed by atoms with van der Waals surface area (Å²) < 4.78 is 1.89. The van der Waals surface area contributed by atoms with Crippen molar-refractivity contribution in [3.8, 4) is 0 Å². The number of anilines is 2. The molecule has 2 rings (SSSR count). The Hall–Kier alpha value is -2.64. The summed E-state index contributed by atoms with van der Waals surface area (Å²) >= 11 is 0. The van der Waals surface area contributed by atoms with Crippen LogP contribution in [0.5, 0.6) is 0 Å². The summed E-state index contributed by atoms with van der Waals surface area (Å²) in [7, 11) is 3.72. The van der Waals surface area contributed by atoms with Crippen LogP contribution < -0.4 is 10.6 Å². The molecule has 19 heavy (non-hydrogen) atoms. The van der Waals surface area contributed by atoms with Gasteiger partial charge in [-0.1, -0.05) is 0 Å². The first-order chi connectivity index (χ1) is 8.99. The zero-order valence-electron chi connectivity index (χ0n) is 10.6. The van der Waals surface area contributed by atoms with Crippen LogP contribution in [0, 0.1) is 10.1 Å². The molecule has 2 aromatic rings. The number of nitrogen functional groups attached to an aromatic ring is 1. The second-order valence-corrected chi connectivity index (χ2v) is 4.14. The van der Waals surface area contributed by atoms with Crippen molar-refractivity contribution in [1.82, 2.24) is 14.5 Å². The minimum Gasteiger partial charge on any atom is -0.378 e. The molecule has 0 bridgehead atoms. The van der Waals surface area contributed by atoms with Gasteiger partial charge in [-0.3, -0.25) is 10.1 Å². The molecule has 0 aliphatic rings. The largest absolute Gasteiger partial charge is 0.378 e. The second kappa shape index (κ2) is 4.92. The molecule has 0 spiro atoms. The molecule has 0 saturated carbocycles. The van der Waals surface area contributed by atoms with Crippen LogP contribution in [-0.4, -0.2) is 26.5 Å². The molecule has 0 amide bonds. The molecule has 2 aromatic heterocycles. The third kappa shape index (κ3) is 2.62. The summed E-state index contributed by atoms with van der Waals surface area (Å²) in [6.45, 7) is 0.535. The lowest BCUT2D eigenvalue weighted by atomic mass is 10.3. The molecule has 0 fully saturated rings. The van der Waals surface area contributed by atoms with E-state index in [9.17, 15) is 10.1 Å². The fraction of sp³-hybridized carbons (Fsp3) is 0.273. The average Bonchev–Trinajstić information content (AvgIpc) is 2.74. The van der Waals surface area contributed by atoms with Gasteiger partial charge in [0.1, 0.15) is 11.6 Å². The number of nitro groups is 1. The number of nitrogens with two attached hydrogens (primary N) is 1. The van der Waals surface area contributed by atoms with Gasteiger partial charge in [0.25, 0.3) is 0 Å². The Morgan fingerprint density at radius 3 is 2.79 bits per heavy atom. The molecule has 100 valence electrons. The zero-order valence-corrected chi connectivity index (χ0v) is 10.6. The Labute approximate surface area is 109 Å². The van der Waals surface area contributed by atoms with E-state index < -0.39 is 4.92 Å². The van der Waals surface area contributed by atoms with E-state index in [0.29, 0.717) is 12.4 Å². The van der Waals surface area contributed by atoms with Gasteiger partial charge in [-0.15, -0.1) is 0 Å². The van der Waals surface area contributed by atoms with Crippen molar-refractivity contribution in [1.29, 1.82) is 0 Å². The van der Waals surface area contributed by atoms with Crippen LogP contribution >= 0.6 is 0 Å². The monoisotopic (exact) mass is 262 g/mol. The molecule has 8 nitrogen and oxygen atoms in total. The Morgan fingerprint density at radius 1 is 1.53 bits per heavy atom. The van der Waals surface area contributed by atoms with Gasteiger partial charge in [0.15, 0.2) is 0 Å². The van der Waals surface area contributed by atoms with Crippen molar-refractivity contribution < 1.29 is 4.92 Å². The fourth-order valence-corrected chi connectivity index (χ4v) is 1.67. The summed E-state index contributed by atoms with van der Waals surface area (Å²) in [6, 6.07) is 2.92. The van der Waals surface area contributed by atoms with Gasteiger partial charge in [-0.05, 0) is 6.07 Å². The summed E-state index contributed by atoms with van der Waals surface area (Å²) in [5, 5.41) is 10.7. The summed E-state index contributed by atoms with van der Waals surface area (Å²) in [6.07, 6.45) is 3.56. The zero-order chi connectivity index (χ0) is 14.0. The molecule has 0 aromatic carbocycles. The molecule has 0 atom stereocenters. The fourth-order valence-electron chi connectivity index (χ4n) is 1.67. The number of hydrogen-bond acceptors (Lipinski definition) is 6. The minimum absolute atomic E-state index is 0.0887. The Bertz CT molecular complexity index is 609. The van der Waals surface area contributed by atoms with Gasteiger partial charge >= 0.3 is 5.69 Å². The molecule has 0 unspecified atom stereocenters. The second-order valence-electron chi connectivity index (χ2n) is 4.14. The standard InChI is InChI=1S/C11H14N6O2/c1-15-6-5-13-10(15)7-16(2)9-4-3-8(17(18)19)11(12)14-9/h3-6H,7H2,1-2H3,(H2,12,14). The molecular formula is C11H14N6O2. The van der Waals surface area contributed by atoms with Crippen molar-refractivity contribution in [2.45, 2.75) is 6.54 Å². The van der Waals surface area contributed by atoms with Gasteiger partial charge < -0.3 is 15.2 Å². The average molecular weight is 262 g/mol. The third-order valence-electron chi connectivity index (χ3n) is 2.78. The predicted octanol–water partition coefficient (Wildman–Crippen LogP) is 0.942. The van der Waals surface area contributed by atoms with E-state index in [-0.39, 0.29) is 11.5 Å². The molecule has 0 radical (unpaired) electrons. The quantitative estimate of drug-likeness (QED) is 0.649. The molecule has 2 N–H and O–H groups in total. The van der Waals surface area contributed by atoms with E-state index >= 15 is 0 Å². The third-order valence-corrected chi connectivity index (χ3v) is 2.78. The Kier molecular flexibility index (Phi) is 3.32. The van der Waals surface area contributed by atoms with Crippen molar-refractivity contribution in [2.75, 3.05) is 17.7 Å². The first kappa shape index (κ1) is 12.8. The number of aryl methyl sites for hydroxylation is 1. The van der Waals surface area contributed by atoms with E-state index in [4.69, 9.17) is 5.73 Å². The van der Waals surface area contributed by atoms with E-state index in [1.807, 2.05) is 29.8 Å². The highest BCUT2D eigenvalue weighted by atomic mass is 16.6. The van der Waals surface area contributed by atoms with E-state index in [1.54, 1.807) is 12.3 Å². The predicted molar refractivity (Wildman–Crippen MR) is 70.6 cm³/mol.